The van der Waals surface area contributed by atoms with Gasteiger partial charge in [0.05, 0.1) is 18.3 Å². The molecule has 5 rings (SSSR count). The molecule has 2 aliphatic heterocycles. The van der Waals surface area contributed by atoms with Gasteiger partial charge in [0, 0.05) is 28.7 Å². The lowest BCUT2D eigenvalue weighted by Gasteiger charge is -2.28. The Hall–Kier alpha value is -3.18. The Morgan fingerprint density at radius 1 is 0.935 bits per heavy atom. The van der Waals surface area contributed by atoms with E-state index in [-0.39, 0.29) is 11.9 Å². The Kier molecular flexibility index (Phi) is 5.43. The first-order chi connectivity index (χ1) is 15.2. The summed E-state index contributed by atoms with van der Waals surface area (Å²) in [6.07, 6.45) is 0. The summed E-state index contributed by atoms with van der Waals surface area (Å²) in [6.45, 7) is 1.82. The fourth-order valence-corrected chi connectivity index (χ4v) is 4.56. The van der Waals surface area contributed by atoms with E-state index in [4.69, 9.17) is 4.99 Å². The van der Waals surface area contributed by atoms with E-state index < -0.39 is 0 Å². The number of benzene rings is 3. The number of halogens is 1. The molecule has 0 bridgehead atoms. The van der Waals surface area contributed by atoms with E-state index in [9.17, 15) is 4.79 Å². The predicted molar refractivity (Wildman–Crippen MR) is 127 cm³/mol. The summed E-state index contributed by atoms with van der Waals surface area (Å²) in [5, 5.41) is 3.38. The summed E-state index contributed by atoms with van der Waals surface area (Å²) >= 11 is 3.54. The summed E-state index contributed by atoms with van der Waals surface area (Å²) in [4.78, 5) is 20.5. The molecule has 154 valence electrons. The molecular formula is C26H22BrN3O. The standard InChI is InChI=1S/C26H22BrN3O/c27-21-13-11-20(12-14-21)25-22-23(19-9-5-2-6-10-19)28-15-16-29-24(22)26(31)30(25)17-18-7-3-1-4-8-18/h1-14,25,29H,15-17H2. The van der Waals surface area contributed by atoms with Gasteiger partial charge in [0.15, 0.2) is 0 Å². The van der Waals surface area contributed by atoms with Crippen LogP contribution >= 0.6 is 15.9 Å². The van der Waals surface area contributed by atoms with Gasteiger partial charge in [-0.15, -0.1) is 0 Å². The Balaban J connectivity index is 1.65. The molecule has 2 heterocycles. The number of aliphatic imine (C=N–C) groups is 1. The quantitative estimate of drug-likeness (QED) is 0.589. The minimum Gasteiger partial charge on any atom is -0.378 e. The average molecular weight is 472 g/mol. The maximum Gasteiger partial charge on any atom is 0.271 e. The van der Waals surface area contributed by atoms with E-state index >= 15 is 0 Å². The maximum atomic E-state index is 13.7. The van der Waals surface area contributed by atoms with E-state index in [2.05, 4.69) is 57.6 Å². The van der Waals surface area contributed by atoms with Crippen LogP contribution in [0.3, 0.4) is 0 Å². The van der Waals surface area contributed by atoms with Crippen LogP contribution in [0.5, 0.6) is 0 Å². The molecule has 0 saturated carbocycles. The number of carbonyl (C=O) groups excluding carboxylic acids is 1. The Morgan fingerprint density at radius 2 is 1.61 bits per heavy atom. The molecule has 1 amide bonds. The summed E-state index contributed by atoms with van der Waals surface area (Å²) in [7, 11) is 0. The van der Waals surface area contributed by atoms with Crippen molar-refractivity contribution < 1.29 is 4.79 Å². The van der Waals surface area contributed by atoms with E-state index in [1.807, 2.05) is 53.4 Å². The molecule has 0 fully saturated rings. The van der Waals surface area contributed by atoms with Crippen molar-refractivity contribution in [3.8, 4) is 0 Å². The van der Waals surface area contributed by atoms with Crippen LogP contribution in [0, 0.1) is 0 Å². The third-order valence-electron chi connectivity index (χ3n) is 5.70. The predicted octanol–water partition coefficient (Wildman–Crippen LogP) is 4.88. The number of nitrogens with one attached hydrogen (secondary N) is 1. The van der Waals surface area contributed by atoms with Crippen molar-refractivity contribution in [1.29, 1.82) is 0 Å². The van der Waals surface area contributed by atoms with Gasteiger partial charge in [0.1, 0.15) is 5.70 Å². The maximum absolute atomic E-state index is 13.7. The minimum absolute atomic E-state index is 0.0253. The van der Waals surface area contributed by atoms with Crippen LogP contribution in [0.4, 0.5) is 0 Å². The lowest BCUT2D eigenvalue weighted by molar-refractivity contribution is -0.128. The van der Waals surface area contributed by atoms with Crippen LogP contribution in [-0.4, -0.2) is 29.6 Å². The third kappa shape index (κ3) is 3.81. The van der Waals surface area contributed by atoms with Gasteiger partial charge in [-0.3, -0.25) is 9.79 Å². The molecule has 1 N–H and O–H groups in total. The summed E-state index contributed by atoms with van der Waals surface area (Å²) in [6, 6.07) is 28.3. The Morgan fingerprint density at radius 3 is 2.32 bits per heavy atom. The van der Waals surface area contributed by atoms with E-state index in [0.29, 0.717) is 25.3 Å². The first kappa shape index (κ1) is 19.8. The lowest BCUT2D eigenvalue weighted by Crippen LogP contribution is -2.33. The molecule has 4 nitrogen and oxygen atoms in total. The van der Waals surface area contributed by atoms with Crippen molar-refractivity contribution in [2.45, 2.75) is 12.6 Å². The minimum atomic E-state index is -0.208. The number of amides is 1. The van der Waals surface area contributed by atoms with Gasteiger partial charge < -0.3 is 10.2 Å². The van der Waals surface area contributed by atoms with Crippen molar-refractivity contribution in [1.82, 2.24) is 10.2 Å². The van der Waals surface area contributed by atoms with Crippen molar-refractivity contribution in [2.75, 3.05) is 13.1 Å². The second-order valence-corrected chi connectivity index (χ2v) is 8.60. The molecule has 5 heteroatoms. The lowest BCUT2D eigenvalue weighted by atomic mass is 9.91. The molecule has 31 heavy (non-hydrogen) atoms. The zero-order valence-corrected chi connectivity index (χ0v) is 18.5. The van der Waals surface area contributed by atoms with Gasteiger partial charge in [-0.1, -0.05) is 88.7 Å². The fraction of sp³-hybridized carbons (Fsp3) is 0.154. The molecule has 1 unspecified atom stereocenters. The van der Waals surface area contributed by atoms with Gasteiger partial charge in [-0.2, -0.15) is 0 Å². The average Bonchev–Trinajstić information content (AvgIpc) is 2.94. The topological polar surface area (TPSA) is 44.7 Å². The number of carbonyl (C=O) groups is 1. The normalized spacial score (nSPS) is 18.4. The van der Waals surface area contributed by atoms with Crippen LogP contribution in [0.2, 0.25) is 0 Å². The van der Waals surface area contributed by atoms with Crippen molar-refractivity contribution in [3.05, 3.63) is 117 Å². The van der Waals surface area contributed by atoms with Crippen LogP contribution in [0.25, 0.3) is 0 Å². The molecule has 0 spiro atoms. The van der Waals surface area contributed by atoms with Crippen LogP contribution in [-0.2, 0) is 11.3 Å². The number of nitrogens with zero attached hydrogens (tertiary/aromatic N) is 2. The molecule has 0 radical (unpaired) electrons. The molecule has 0 saturated heterocycles. The van der Waals surface area contributed by atoms with Crippen molar-refractivity contribution >= 4 is 27.5 Å². The van der Waals surface area contributed by atoms with Crippen LogP contribution in [0.1, 0.15) is 22.7 Å². The molecule has 2 aliphatic rings. The smallest absolute Gasteiger partial charge is 0.271 e. The number of hydrogen-bond donors (Lipinski definition) is 1. The summed E-state index contributed by atoms with van der Waals surface area (Å²) in [5.74, 6) is 0.0253. The van der Waals surface area contributed by atoms with Gasteiger partial charge in [-0.25, -0.2) is 0 Å². The van der Waals surface area contributed by atoms with E-state index in [0.717, 1.165) is 32.4 Å². The zero-order valence-electron chi connectivity index (χ0n) is 17.0. The fourth-order valence-electron chi connectivity index (χ4n) is 4.30. The molecule has 1 atom stereocenters. The van der Waals surface area contributed by atoms with Crippen LogP contribution in [0.15, 0.2) is 106 Å². The molecule has 3 aromatic carbocycles. The number of rotatable bonds is 4. The highest BCUT2D eigenvalue weighted by molar-refractivity contribution is 9.10. The molecule has 0 aromatic heterocycles. The zero-order chi connectivity index (χ0) is 21.2. The second kappa shape index (κ2) is 8.52. The monoisotopic (exact) mass is 471 g/mol. The van der Waals surface area contributed by atoms with E-state index in [1.54, 1.807) is 0 Å². The molecular weight excluding hydrogens is 450 g/mol. The van der Waals surface area contributed by atoms with Gasteiger partial charge in [0.2, 0.25) is 0 Å². The summed E-state index contributed by atoms with van der Waals surface area (Å²) < 4.78 is 1.01. The highest BCUT2D eigenvalue weighted by atomic mass is 79.9. The van der Waals surface area contributed by atoms with E-state index in [1.165, 1.54) is 0 Å². The molecule has 3 aromatic rings. The Labute approximate surface area is 190 Å². The first-order valence-electron chi connectivity index (χ1n) is 10.4. The third-order valence-corrected chi connectivity index (χ3v) is 6.23. The van der Waals surface area contributed by atoms with Crippen molar-refractivity contribution in [2.24, 2.45) is 4.99 Å². The summed E-state index contributed by atoms with van der Waals surface area (Å²) in [5.41, 5.74) is 5.75. The Bertz CT molecular complexity index is 1150. The first-order valence-corrected chi connectivity index (χ1v) is 11.2. The largest absolute Gasteiger partial charge is 0.378 e. The van der Waals surface area contributed by atoms with Crippen LogP contribution < -0.4 is 5.32 Å². The van der Waals surface area contributed by atoms with Gasteiger partial charge in [0.25, 0.3) is 5.91 Å². The number of hydrogen-bond acceptors (Lipinski definition) is 3. The SMILES string of the molecule is O=C1C2=C(C(c3ccccc3)=NCCN2)C(c2ccc(Br)cc2)N1Cc1ccccc1. The van der Waals surface area contributed by atoms with Gasteiger partial charge in [-0.05, 0) is 23.3 Å². The highest BCUT2D eigenvalue weighted by Crippen LogP contribution is 2.41. The molecule has 0 aliphatic carbocycles. The van der Waals surface area contributed by atoms with Gasteiger partial charge >= 0.3 is 0 Å². The highest BCUT2D eigenvalue weighted by Gasteiger charge is 2.43. The second-order valence-electron chi connectivity index (χ2n) is 7.68. The van der Waals surface area contributed by atoms with Crippen molar-refractivity contribution in [3.63, 3.8) is 0 Å².